The molecule has 0 fully saturated rings. The molecular weight excluding hydrogens is 148 g/mol. The lowest BCUT2D eigenvalue weighted by atomic mass is 10.3. The maximum atomic E-state index is 10.9. The third kappa shape index (κ3) is 0.675. The standard InChI is InChI=1S/C7H4O2S/c8-7-5-3-1-2-4-6(5)9-10-7/h1-4H. The van der Waals surface area contributed by atoms with E-state index in [0.717, 1.165) is 11.6 Å². The molecule has 2 aromatic rings. The molecule has 50 valence electrons. The highest BCUT2D eigenvalue weighted by molar-refractivity contribution is 7.01. The zero-order valence-corrected chi connectivity index (χ0v) is 5.85. The van der Waals surface area contributed by atoms with Gasteiger partial charge in [-0.15, -0.1) is 0 Å². The highest BCUT2D eigenvalue weighted by Gasteiger charge is 1.99. The lowest BCUT2D eigenvalue weighted by Gasteiger charge is -1.79. The van der Waals surface area contributed by atoms with E-state index in [1.807, 2.05) is 12.1 Å². The number of fused-ring (bicyclic) bond motifs is 1. The number of rotatable bonds is 0. The molecule has 0 aliphatic carbocycles. The molecule has 1 heterocycles. The van der Waals surface area contributed by atoms with Gasteiger partial charge in [0.15, 0.2) is 5.58 Å². The van der Waals surface area contributed by atoms with Crippen molar-refractivity contribution in [1.82, 2.24) is 0 Å². The van der Waals surface area contributed by atoms with Crippen molar-refractivity contribution in [2.45, 2.75) is 0 Å². The van der Waals surface area contributed by atoms with Crippen LogP contribution in [0, 0.1) is 0 Å². The van der Waals surface area contributed by atoms with Crippen LogP contribution in [0.2, 0.25) is 0 Å². The fourth-order valence-corrected chi connectivity index (χ4v) is 1.40. The van der Waals surface area contributed by atoms with Gasteiger partial charge in [0.05, 0.1) is 17.0 Å². The van der Waals surface area contributed by atoms with Crippen molar-refractivity contribution in [3.63, 3.8) is 0 Å². The van der Waals surface area contributed by atoms with Crippen molar-refractivity contribution in [3.8, 4) is 0 Å². The molecule has 0 aliphatic heterocycles. The Bertz CT molecular complexity index is 399. The van der Waals surface area contributed by atoms with Gasteiger partial charge in [0, 0.05) is 0 Å². The zero-order valence-electron chi connectivity index (χ0n) is 5.03. The molecule has 3 heteroatoms. The van der Waals surface area contributed by atoms with Gasteiger partial charge in [-0.05, 0) is 12.1 Å². The Morgan fingerprint density at radius 1 is 1.30 bits per heavy atom. The molecule has 0 N–H and O–H groups in total. The van der Waals surface area contributed by atoms with E-state index in [-0.39, 0.29) is 4.74 Å². The molecule has 10 heavy (non-hydrogen) atoms. The first-order chi connectivity index (χ1) is 4.88. The highest BCUT2D eigenvalue weighted by Crippen LogP contribution is 2.11. The van der Waals surface area contributed by atoms with E-state index in [2.05, 4.69) is 0 Å². The molecule has 0 bridgehead atoms. The second-order valence-electron chi connectivity index (χ2n) is 1.95. The maximum absolute atomic E-state index is 10.9. The normalized spacial score (nSPS) is 10.4. The van der Waals surface area contributed by atoms with E-state index in [1.54, 1.807) is 12.1 Å². The van der Waals surface area contributed by atoms with Gasteiger partial charge in [-0.1, -0.05) is 12.1 Å². The zero-order chi connectivity index (χ0) is 6.97. The lowest BCUT2D eigenvalue weighted by Crippen LogP contribution is -1.85. The molecule has 0 radical (unpaired) electrons. The summed E-state index contributed by atoms with van der Waals surface area (Å²) in [5.74, 6) is 0. The van der Waals surface area contributed by atoms with E-state index in [4.69, 9.17) is 3.85 Å². The third-order valence-electron chi connectivity index (χ3n) is 1.31. The fraction of sp³-hybridized carbons (Fsp3) is 0. The van der Waals surface area contributed by atoms with Gasteiger partial charge in [0.1, 0.15) is 0 Å². The summed E-state index contributed by atoms with van der Waals surface area (Å²) in [7, 11) is 0. The monoisotopic (exact) mass is 152 g/mol. The smallest absolute Gasteiger partial charge is 0.276 e. The first-order valence-corrected chi connectivity index (χ1v) is 3.60. The SMILES string of the molecule is O=c1soc2ccccc12. The summed E-state index contributed by atoms with van der Waals surface area (Å²) < 4.78 is 4.97. The lowest BCUT2D eigenvalue weighted by molar-refractivity contribution is 0.751. The van der Waals surface area contributed by atoms with E-state index in [9.17, 15) is 4.79 Å². The summed E-state index contributed by atoms with van der Waals surface area (Å²) in [6.45, 7) is 0. The Hall–Kier alpha value is -1.09. The molecular formula is C7H4O2S. The van der Waals surface area contributed by atoms with Crippen LogP contribution in [-0.4, -0.2) is 0 Å². The molecule has 0 aliphatic rings. The fourth-order valence-electron chi connectivity index (χ4n) is 0.836. The summed E-state index contributed by atoms with van der Waals surface area (Å²) in [4.78, 5) is 10.9. The van der Waals surface area contributed by atoms with Crippen LogP contribution < -0.4 is 4.74 Å². The van der Waals surface area contributed by atoms with E-state index < -0.39 is 0 Å². The van der Waals surface area contributed by atoms with Crippen molar-refractivity contribution in [3.05, 3.63) is 33.8 Å². The highest BCUT2D eigenvalue weighted by atomic mass is 32.1. The number of hydrogen-bond donors (Lipinski definition) is 0. The topological polar surface area (TPSA) is 30.2 Å². The molecule has 0 saturated carbocycles. The van der Waals surface area contributed by atoms with Crippen LogP contribution in [0.15, 0.2) is 32.9 Å². The minimum Gasteiger partial charge on any atom is -0.397 e. The van der Waals surface area contributed by atoms with Crippen LogP contribution >= 0.6 is 11.6 Å². The van der Waals surface area contributed by atoms with Crippen molar-refractivity contribution < 1.29 is 3.85 Å². The number of benzene rings is 1. The van der Waals surface area contributed by atoms with Crippen molar-refractivity contribution in [2.24, 2.45) is 0 Å². The predicted molar refractivity (Wildman–Crippen MR) is 40.4 cm³/mol. The van der Waals surface area contributed by atoms with Crippen molar-refractivity contribution >= 4 is 22.6 Å². The molecule has 0 atom stereocenters. The minimum atomic E-state index is -0.00407. The molecule has 1 aromatic carbocycles. The molecule has 0 unspecified atom stereocenters. The summed E-state index contributed by atoms with van der Waals surface area (Å²) in [5.41, 5.74) is 0.678. The minimum absolute atomic E-state index is 0.00407. The first-order valence-electron chi connectivity index (χ1n) is 2.86. The van der Waals surface area contributed by atoms with Gasteiger partial charge < -0.3 is 3.85 Å². The summed E-state index contributed by atoms with van der Waals surface area (Å²) >= 11 is 0.887. The van der Waals surface area contributed by atoms with Gasteiger partial charge in [0.2, 0.25) is 0 Å². The Labute approximate surface area is 60.9 Å². The average Bonchev–Trinajstić information content (AvgIpc) is 2.34. The second-order valence-corrected chi connectivity index (χ2v) is 2.65. The molecule has 0 saturated heterocycles. The number of para-hydroxylation sites is 1. The Balaban J connectivity index is 3.07. The van der Waals surface area contributed by atoms with Gasteiger partial charge in [-0.25, -0.2) is 0 Å². The van der Waals surface area contributed by atoms with Gasteiger partial charge >= 0.3 is 0 Å². The van der Waals surface area contributed by atoms with E-state index in [0.29, 0.717) is 11.0 Å². The van der Waals surface area contributed by atoms with E-state index in [1.165, 1.54) is 0 Å². The molecule has 2 rings (SSSR count). The van der Waals surface area contributed by atoms with Crippen molar-refractivity contribution in [1.29, 1.82) is 0 Å². The first kappa shape index (κ1) is 5.68. The van der Waals surface area contributed by atoms with Crippen LogP contribution in [-0.2, 0) is 0 Å². The Morgan fingerprint density at radius 2 is 2.10 bits per heavy atom. The van der Waals surface area contributed by atoms with Gasteiger partial charge in [-0.2, -0.15) is 0 Å². The van der Waals surface area contributed by atoms with Gasteiger partial charge in [-0.3, -0.25) is 4.79 Å². The molecule has 2 nitrogen and oxygen atoms in total. The maximum Gasteiger partial charge on any atom is 0.276 e. The van der Waals surface area contributed by atoms with Crippen LogP contribution in [0.4, 0.5) is 0 Å². The van der Waals surface area contributed by atoms with Crippen molar-refractivity contribution in [2.75, 3.05) is 0 Å². The quantitative estimate of drug-likeness (QED) is 0.576. The molecule has 0 amide bonds. The van der Waals surface area contributed by atoms with Crippen LogP contribution in [0.1, 0.15) is 0 Å². The third-order valence-corrected chi connectivity index (χ3v) is 1.95. The summed E-state index contributed by atoms with van der Waals surface area (Å²) in [5, 5.41) is 0.674. The Morgan fingerprint density at radius 3 is 2.90 bits per heavy atom. The van der Waals surface area contributed by atoms with Gasteiger partial charge in [0.25, 0.3) is 4.74 Å². The summed E-state index contributed by atoms with van der Waals surface area (Å²) in [6, 6.07) is 7.22. The number of hydrogen-bond acceptors (Lipinski definition) is 3. The Kier molecular flexibility index (Phi) is 1.11. The summed E-state index contributed by atoms with van der Waals surface area (Å²) in [6.07, 6.45) is 0. The van der Waals surface area contributed by atoms with Crippen LogP contribution in [0.25, 0.3) is 11.0 Å². The largest absolute Gasteiger partial charge is 0.397 e. The molecule has 0 spiro atoms. The predicted octanol–water partition coefficient (Wildman–Crippen LogP) is 1.85. The average molecular weight is 152 g/mol. The van der Waals surface area contributed by atoms with Crippen LogP contribution in [0.5, 0.6) is 0 Å². The second kappa shape index (κ2) is 1.95. The van der Waals surface area contributed by atoms with E-state index >= 15 is 0 Å². The molecule has 1 aromatic heterocycles. The van der Waals surface area contributed by atoms with Crippen LogP contribution in [0.3, 0.4) is 0 Å².